The Morgan fingerprint density at radius 3 is 2.34 bits per heavy atom. The third-order valence-corrected chi connectivity index (χ3v) is 7.28. The Hall–Kier alpha value is -4.65. The minimum absolute atomic E-state index is 0.176. The first-order valence-electron chi connectivity index (χ1n) is 13.1. The van der Waals surface area contributed by atoms with E-state index in [2.05, 4.69) is 5.32 Å². The van der Waals surface area contributed by atoms with Gasteiger partial charge in [0.25, 0.3) is 5.56 Å². The van der Waals surface area contributed by atoms with Crippen LogP contribution in [0.2, 0.25) is 0 Å². The molecule has 3 heterocycles. The molecule has 41 heavy (non-hydrogen) atoms. The van der Waals surface area contributed by atoms with E-state index >= 15 is 0 Å². The lowest BCUT2D eigenvalue weighted by atomic mass is 10.2. The van der Waals surface area contributed by atoms with Gasteiger partial charge in [-0.3, -0.25) is 28.2 Å². The van der Waals surface area contributed by atoms with E-state index in [9.17, 15) is 18.8 Å². The van der Waals surface area contributed by atoms with Crippen LogP contribution in [-0.4, -0.2) is 76.4 Å². The molecule has 0 aliphatic carbocycles. The molecule has 12 nitrogen and oxygen atoms in total. The van der Waals surface area contributed by atoms with Crippen molar-refractivity contribution >= 4 is 28.7 Å². The quantitative estimate of drug-likeness (QED) is 0.341. The van der Waals surface area contributed by atoms with Crippen LogP contribution >= 0.6 is 0 Å². The van der Waals surface area contributed by atoms with Gasteiger partial charge in [0.15, 0.2) is 11.2 Å². The Kier molecular flexibility index (Phi) is 7.79. The summed E-state index contributed by atoms with van der Waals surface area (Å²) in [4.78, 5) is 47.5. The van der Waals surface area contributed by atoms with Crippen molar-refractivity contribution in [3.8, 4) is 11.5 Å². The Labute approximate surface area is 235 Å². The maximum Gasteiger partial charge on any atom is 0.332 e. The first-order chi connectivity index (χ1) is 19.7. The number of anilines is 2. The number of benzene rings is 2. The second-order valence-electron chi connectivity index (χ2n) is 9.88. The molecule has 0 atom stereocenters. The number of carbonyl (C=O) groups is 1. The maximum atomic E-state index is 13.6. The SMILES string of the molecule is COc1ccc(OC)c(NC(=O)CN2CCN(c3nc4c(c(=O)n(C)c(=O)n4C)n3Cc3ccc(F)cc3)CC2)c1. The molecular weight excluding hydrogens is 533 g/mol. The van der Waals surface area contributed by atoms with Crippen molar-refractivity contribution in [1.82, 2.24) is 23.6 Å². The normalized spacial score (nSPS) is 13.9. The highest BCUT2D eigenvalue weighted by molar-refractivity contribution is 5.94. The number of aromatic nitrogens is 4. The fourth-order valence-corrected chi connectivity index (χ4v) is 5.01. The van der Waals surface area contributed by atoms with Gasteiger partial charge in [0.05, 0.1) is 33.0 Å². The predicted molar refractivity (Wildman–Crippen MR) is 153 cm³/mol. The Morgan fingerprint density at radius 1 is 0.976 bits per heavy atom. The zero-order chi connectivity index (χ0) is 29.3. The molecule has 13 heteroatoms. The van der Waals surface area contributed by atoms with Gasteiger partial charge in [-0.25, -0.2) is 9.18 Å². The average molecular weight is 566 g/mol. The van der Waals surface area contributed by atoms with Gasteiger partial charge in [0, 0.05) is 46.3 Å². The third kappa shape index (κ3) is 5.53. The summed E-state index contributed by atoms with van der Waals surface area (Å²) in [6.45, 7) is 2.66. The van der Waals surface area contributed by atoms with Gasteiger partial charge in [0.2, 0.25) is 11.9 Å². The van der Waals surface area contributed by atoms with E-state index in [1.807, 2.05) is 9.80 Å². The zero-order valence-corrected chi connectivity index (χ0v) is 23.4. The fraction of sp³-hybridized carbons (Fsp3) is 0.357. The van der Waals surface area contributed by atoms with Crippen LogP contribution in [0.1, 0.15) is 5.56 Å². The van der Waals surface area contributed by atoms with Gasteiger partial charge in [-0.1, -0.05) is 12.1 Å². The molecule has 216 valence electrons. The van der Waals surface area contributed by atoms with Crippen molar-refractivity contribution < 1.29 is 18.7 Å². The molecule has 0 spiro atoms. The number of fused-ring (bicyclic) bond motifs is 1. The van der Waals surface area contributed by atoms with E-state index in [1.54, 1.807) is 49.1 Å². The summed E-state index contributed by atoms with van der Waals surface area (Å²) in [5, 5.41) is 2.90. The van der Waals surface area contributed by atoms with Crippen molar-refractivity contribution in [2.24, 2.45) is 14.1 Å². The summed E-state index contributed by atoms with van der Waals surface area (Å²) < 4.78 is 28.4. The second kappa shape index (κ2) is 11.5. The molecule has 1 amide bonds. The third-order valence-electron chi connectivity index (χ3n) is 7.28. The summed E-state index contributed by atoms with van der Waals surface area (Å²) in [5.74, 6) is 1.13. The van der Waals surface area contributed by atoms with Gasteiger partial charge in [-0.2, -0.15) is 4.98 Å². The number of carbonyl (C=O) groups excluding carboxylic acids is 1. The van der Waals surface area contributed by atoms with E-state index < -0.39 is 11.2 Å². The average Bonchev–Trinajstić information content (AvgIpc) is 3.35. The molecule has 0 bridgehead atoms. The zero-order valence-electron chi connectivity index (χ0n) is 23.4. The van der Waals surface area contributed by atoms with E-state index in [1.165, 1.54) is 30.9 Å². The summed E-state index contributed by atoms with van der Waals surface area (Å²) in [5.41, 5.74) is 0.965. The molecule has 5 rings (SSSR count). The molecule has 1 N–H and O–H groups in total. The number of hydrogen-bond donors (Lipinski definition) is 1. The van der Waals surface area contributed by atoms with Gasteiger partial charge in [0.1, 0.15) is 17.3 Å². The van der Waals surface area contributed by atoms with Crippen molar-refractivity contribution in [2.45, 2.75) is 6.54 Å². The number of rotatable bonds is 8. The number of aryl methyl sites for hydroxylation is 1. The number of methoxy groups -OCH3 is 2. The molecule has 1 saturated heterocycles. The minimum atomic E-state index is -0.469. The molecule has 0 saturated carbocycles. The van der Waals surface area contributed by atoms with Crippen LogP contribution in [0.5, 0.6) is 11.5 Å². The van der Waals surface area contributed by atoms with E-state index in [0.717, 1.165) is 10.1 Å². The number of ether oxygens (including phenoxy) is 2. The van der Waals surface area contributed by atoms with Gasteiger partial charge >= 0.3 is 5.69 Å². The van der Waals surface area contributed by atoms with Crippen molar-refractivity contribution in [3.63, 3.8) is 0 Å². The lowest BCUT2D eigenvalue weighted by molar-refractivity contribution is -0.117. The topological polar surface area (TPSA) is 116 Å². The van der Waals surface area contributed by atoms with Crippen LogP contribution in [-0.2, 0) is 25.4 Å². The predicted octanol–water partition coefficient (Wildman–Crippen LogP) is 1.40. The molecule has 2 aromatic carbocycles. The smallest absolute Gasteiger partial charge is 0.332 e. The molecule has 1 aliphatic rings. The van der Waals surface area contributed by atoms with Crippen LogP contribution in [0.4, 0.5) is 16.0 Å². The first kappa shape index (κ1) is 27.9. The molecule has 0 unspecified atom stereocenters. The molecule has 1 aliphatic heterocycles. The number of piperazine rings is 1. The number of amides is 1. The molecule has 1 fully saturated rings. The Balaban J connectivity index is 1.36. The number of nitrogens with zero attached hydrogens (tertiary/aromatic N) is 6. The van der Waals surface area contributed by atoms with Crippen LogP contribution < -0.4 is 30.9 Å². The lowest BCUT2D eigenvalue weighted by Gasteiger charge is -2.35. The van der Waals surface area contributed by atoms with Crippen molar-refractivity contribution in [2.75, 3.05) is 57.2 Å². The number of hydrogen-bond acceptors (Lipinski definition) is 8. The van der Waals surface area contributed by atoms with Gasteiger partial charge in [-0.15, -0.1) is 0 Å². The maximum absolute atomic E-state index is 13.6. The highest BCUT2D eigenvalue weighted by atomic mass is 19.1. The fourth-order valence-electron chi connectivity index (χ4n) is 5.01. The number of halogens is 1. The lowest BCUT2D eigenvalue weighted by Crippen LogP contribution is -2.49. The Morgan fingerprint density at radius 2 is 1.68 bits per heavy atom. The summed E-state index contributed by atoms with van der Waals surface area (Å²) >= 11 is 0. The van der Waals surface area contributed by atoms with Crippen LogP contribution in [0.3, 0.4) is 0 Å². The summed E-state index contributed by atoms with van der Waals surface area (Å²) in [7, 11) is 6.10. The van der Waals surface area contributed by atoms with Crippen LogP contribution in [0.25, 0.3) is 11.2 Å². The van der Waals surface area contributed by atoms with E-state index in [-0.39, 0.29) is 30.5 Å². The molecule has 4 aromatic rings. The summed E-state index contributed by atoms with van der Waals surface area (Å²) in [6, 6.07) is 11.2. The molecule has 2 aromatic heterocycles. The standard InChI is InChI=1S/C28H32FN7O5/c1-32-25-24(26(38)33(2)28(32)39)36(16-18-5-7-19(29)8-6-18)27(31-25)35-13-11-34(12-14-35)17-23(37)30-21-15-20(40-3)9-10-22(21)41-4/h5-10,15H,11-14,16-17H2,1-4H3,(H,30,37). The largest absolute Gasteiger partial charge is 0.497 e. The second-order valence-corrected chi connectivity index (χ2v) is 9.88. The molecular formula is C28H32FN7O5. The summed E-state index contributed by atoms with van der Waals surface area (Å²) in [6.07, 6.45) is 0. The monoisotopic (exact) mass is 565 g/mol. The van der Waals surface area contributed by atoms with Gasteiger partial charge in [-0.05, 0) is 29.8 Å². The van der Waals surface area contributed by atoms with Crippen LogP contribution in [0, 0.1) is 5.82 Å². The number of nitrogens with one attached hydrogen (secondary N) is 1. The van der Waals surface area contributed by atoms with E-state index in [0.29, 0.717) is 54.8 Å². The molecule has 0 radical (unpaired) electrons. The Bertz CT molecular complexity index is 1700. The highest BCUT2D eigenvalue weighted by Crippen LogP contribution is 2.29. The first-order valence-corrected chi connectivity index (χ1v) is 13.1. The number of imidazole rings is 1. The van der Waals surface area contributed by atoms with Crippen molar-refractivity contribution in [1.29, 1.82) is 0 Å². The minimum Gasteiger partial charge on any atom is -0.497 e. The van der Waals surface area contributed by atoms with Crippen molar-refractivity contribution in [3.05, 3.63) is 74.7 Å². The van der Waals surface area contributed by atoms with Gasteiger partial charge < -0.3 is 19.7 Å². The van der Waals surface area contributed by atoms with E-state index in [4.69, 9.17) is 14.5 Å². The van der Waals surface area contributed by atoms with Crippen LogP contribution in [0.15, 0.2) is 52.1 Å². The highest BCUT2D eigenvalue weighted by Gasteiger charge is 2.26.